The molecule has 0 spiro atoms. The molecule has 108 valence electrons. The molecule has 0 saturated carbocycles. The Morgan fingerprint density at radius 2 is 1.90 bits per heavy atom. The lowest BCUT2D eigenvalue weighted by atomic mass is 10.1. The van der Waals surface area contributed by atoms with Crippen molar-refractivity contribution in [1.29, 1.82) is 0 Å². The third-order valence-corrected chi connectivity index (χ3v) is 2.12. The molecule has 0 aliphatic carbocycles. The van der Waals surface area contributed by atoms with Crippen LogP contribution in [0.1, 0.15) is 31.1 Å². The summed E-state index contributed by atoms with van der Waals surface area (Å²) in [4.78, 5) is 33.0. The van der Waals surface area contributed by atoms with Crippen molar-refractivity contribution in [3.8, 4) is 0 Å². The van der Waals surface area contributed by atoms with Crippen molar-refractivity contribution in [3.05, 3.63) is 23.8 Å². The van der Waals surface area contributed by atoms with E-state index in [1.54, 1.807) is 20.8 Å². The fraction of sp³-hybridized carbons (Fsp3) is 0.308. The molecule has 0 saturated heterocycles. The van der Waals surface area contributed by atoms with Crippen LogP contribution in [-0.2, 0) is 9.53 Å². The molecule has 0 bridgehead atoms. The Balaban J connectivity index is 2.96. The largest absolute Gasteiger partial charge is 0.478 e. The number of nitrogens with one attached hydrogen (secondary N) is 2. The molecule has 1 aromatic rings. The zero-order valence-corrected chi connectivity index (χ0v) is 11.4. The van der Waals surface area contributed by atoms with Crippen molar-refractivity contribution in [1.82, 2.24) is 0 Å². The van der Waals surface area contributed by atoms with Gasteiger partial charge in [0.15, 0.2) is 0 Å². The van der Waals surface area contributed by atoms with Gasteiger partial charge in [-0.1, -0.05) is 0 Å². The van der Waals surface area contributed by atoms with Gasteiger partial charge >= 0.3 is 12.1 Å². The number of hydrogen-bond donors (Lipinski definition) is 3. The molecule has 0 aliphatic heterocycles. The first-order chi connectivity index (χ1) is 9.23. The van der Waals surface area contributed by atoms with Crippen molar-refractivity contribution in [2.24, 2.45) is 0 Å². The van der Waals surface area contributed by atoms with Crippen LogP contribution < -0.4 is 10.6 Å². The number of carboxylic acids is 1. The van der Waals surface area contributed by atoms with E-state index in [9.17, 15) is 14.4 Å². The maximum Gasteiger partial charge on any atom is 0.412 e. The molecule has 0 radical (unpaired) electrons. The van der Waals surface area contributed by atoms with Crippen LogP contribution in [0.4, 0.5) is 16.2 Å². The number of aromatic carboxylic acids is 1. The van der Waals surface area contributed by atoms with E-state index in [0.29, 0.717) is 6.41 Å². The molecule has 0 fully saturated rings. The zero-order valence-electron chi connectivity index (χ0n) is 11.4. The summed E-state index contributed by atoms with van der Waals surface area (Å²) in [6.07, 6.45) is -0.309. The highest BCUT2D eigenvalue weighted by atomic mass is 16.6. The van der Waals surface area contributed by atoms with Gasteiger partial charge in [-0.2, -0.15) is 0 Å². The van der Waals surface area contributed by atoms with Crippen LogP contribution >= 0.6 is 0 Å². The van der Waals surface area contributed by atoms with E-state index in [2.05, 4.69) is 10.6 Å². The second kappa shape index (κ2) is 6.05. The van der Waals surface area contributed by atoms with Crippen molar-refractivity contribution in [2.45, 2.75) is 26.4 Å². The number of carbonyl (C=O) groups is 3. The molecule has 0 unspecified atom stereocenters. The fourth-order valence-electron chi connectivity index (χ4n) is 1.38. The molecule has 7 heteroatoms. The predicted octanol–water partition coefficient (Wildman–Crippen LogP) is 2.30. The van der Waals surface area contributed by atoms with Gasteiger partial charge in [0.2, 0.25) is 6.41 Å². The summed E-state index contributed by atoms with van der Waals surface area (Å²) in [6, 6.07) is 3.92. The zero-order chi connectivity index (χ0) is 15.3. The molecule has 2 amide bonds. The molecule has 0 atom stereocenters. The van der Waals surface area contributed by atoms with Crippen molar-refractivity contribution >= 4 is 29.8 Å². The maximum absolute atomic E-state index is 11.6. The lowest BCUT2D eigenvalue weighted by Crippen LogP contribution is -2.27. The van der Waals surface area contributed by atoms with Gasteiger partial charge in [-0.05, 0) is 39.0 Å². The monoisotopic (exact) mass is 280 g/mol. The average molecular weight is 280 g/mol. The van der Waals surface area contributed by atoms with E-state index in [1.165, 1.54) is 18.2 Å². The highest BCUT2D eigenvalue weighted by molar-refractivity contribution is 5.96. The second-order valence-electron chi connectivity index (χ2n) is 4.95. The molecule has 0 aromatic heterocycles. The molecule has 20 heavy (non-hydrogen) atoms. The number of hydrogen-bond acceptors (Lipinski definition) is 4. The van der Waals surface area contributed by atoms with Gasteiger partial charge in [0.25, 0.3) is 0 Å². The van der Waals surface area contributed by atoms with Crippen LogP contribution in [0, 0.1) is 0 Å². The van der Waals surface area contributed by atoms with Crippen LogP contribution in [0.2, 0.25) is 0 Å². The Kier molecular flexibility index (Phi) is 4.68. The smallest absolute Gasteiger partial charge is 0.412 e. The van der Waals surface area contributed by atoms with Crippen LogP contribution in [0.15, 0.2) is 18.2 Å². The molecular formula is C13H16N2O5. The van der Waals surface area contributed by atoms with E-state index in [4.69, 9.17) is 9.84 Å². The normalized spacial score (nSPS) is 10.6. The van der Waals surface area contributed by atoms with E-state index in [-0.39, 0.29) is 16.9 Å². The summed E-state index contributed by atoms with van der Waals surface area (Å²) in [5.74, 6) is -1.14. The number of rotatable bonds is 4. The standard InChI is InChI=1S/C13H16N2O5/c1-13(2,3)20-12(19)15-9-5-4-8(11(17)18)6-10(9)14-7-16/h4-7H,1-3H3,(H,14,16)(H,15,19)(H,17,18). The van der Waals surface area contributed by atoms with E-state index in [1.807, 2.05) is 0 Å². The highest BCUT2D eigenvalue weighted by Gasteiger charge is 2.17. The third-order valence-electron chi connectivity index (χ3n) is 2.12. The number of anilines is 2. The molecule has 0 heterocycles. The lowest BCUT2D eigenvalue weighted by Gasteiger charge is -2.20. The molecule has 1 aromatic carbocycles. The van der Waals surface area contributed by atoms with Crippen molar-refractivity contribution in [2.75, 3.05) is 10.6 Å². The Bertz CT molecular complexity index is 534. The first-order valence-corrected chi connectivity index (χ1v) is 5.80. The molecule has 3 N–H and O–H groups in total. The molecular weight excluding hydrogens is 264 g/mol. The minimum absolute atomic E-state index is 0.0101. The van der Waals surface area contributed by atoms with Crippen LogP contribution in [0.25, 0.3) is 0 Å². The molecule has 1 rings (SSSR count). The summed E-state index contributed by atoms with van der Waals surface area (Å²) in [5.41, 5.74) is -0.255. The van der Waals surface area contributed by atoms with Crippen LogP contribution in [-0.4, -0.2) is 29.2 Å². The number of carbonyl (C=O) groups excluding carboxylic acids is 2. The minimum atomic E-state index is -1.14. The topological polar surface area (TPSA) is 105 Å². The third kappa shape index (κ3) is 4.60. The van der Waals surface area contributed by atoms with Crippen molar-refractivity contribution < 1.29 is 24.2 Å². The second-order valence-corrected chi connectivity index (χ2v) is 4.95. The van der Waals surface area contributed by atoms with Gasteiger partial charge in [-0.3, -0.25) is 10.1 Å². The Hall–Kier alpha value is -2.57. The van der Waals surface area contributed by atoms with E-state index >= 15 is 0 Å². The van der Waals surface area contributed by atoms with E-state index < -0.39 is 17.7 Å². The quantitative estimate of drug-likeness (QED) is 0.734. The summed E-state index contributed by atoms with van der Waals surface area (Å²) in [5, 5.41) is 13.6. The summed E-state index contributed by atoms with van der Waals surface area (Å²) in [7, 11) is 0. The minimum Gasteiger partial charge on any atom is -0.478 e. The summed E-state index contributed by atoms with van der Waals surface area (Å²) < 4.78 is 5.07. The van der Waals surface area contributed by atoms with Gasteiger partial charge in [-0.15, -0.1) is 0 Å². The average Bonchev–Trinajstić information content (AvgIpc) is 2.28. The highest BCUT2D eigenvalue weighted by Crippen LogP contribution is 2.23. The van der Waals surface area contributed by atoms with Crippen LogP contribution in [0.3, 0.4) is 0 Å². The Labute approximate surface area is 115 Å². The summed E-state index contributed by atoms with van der Waals surface area (Å²) >= 11 is 0. The number of benzene rings is 1. The Morgan fingerprint density at radius 3 is 2.40 bits per heavy atom. The fourth-order valence-corrected chi connectivity index (χ4v) is 1.38. The summed E-state index contributed by atoms with van der Waals surface area (Å²) in [6.45, 7) is 5.14. The van der Waals surface area contributed by atoms with Gasteiger partial charge in [0.1, 0.15) is 5.60 Å². The van der Waals surface area contributed by atoms with Gasteiger partial charge in [-0.25, -0.2) is 9.59 Å². The molecule has 7 nitrogen and oxygen atoms in total. The van der Waals surface area contributed by atoms with Crippen molar-refractivity contribution in [3.63, 3.8) is 0 Å². The predicted molar refractivity (Wildman–Crippen MR) is 72.9 cm³/mol. The Morgan fingerprint density at radius 1 is 1.25 bits per heavy atom. The van der Waals surface area contributed by atoms with Gasteiger partial charge in [0, 0.05) is 0 Å². The first-order valence-electron chi connectivity index (χ1n) is 5.80. The number of amides is 2. The van der Waals surface area contributed by atoms with Gasteiger partial charge in [0.05, 0.1) is 16.9 Å². The maximum atomic E-state index is 11.6. The molecule has 0 aliphatic rings. The van der Waals surface area contributed by atoms with Gasteiger partial charge < -0.3 is 15.2 Å². The lowest BCUT2D eigenvalue weighted by molar-refractivity contribution is -0.105. The van der Waals surface area contributed by atoms with Crippen LogP contribution in [0.5, 0.6) is 0 Å². The SMILES string of the molecule is CC(C)(C)OC(=O)Nc1ccc(C(=O)O)cc1NC=O. The number of carboxylic acid groups (broad SMARTS) is 1. The van der Waals surface area contributed by atoms with E-state index in [0.717, 1.165) is 0 Å². The number of ether oxygens (including phenoxy) is 1. The first kappa shape index (κ1) is 15.5.